The van der Waals surface area contributed by atoms with E-state index >= 15 is 0 Å². The third-order valence-corrected chi connectivity index (χ3v) is 6.38. The fraction of sp³-hybridized carbons (Fsp3) is 0.786. The summed E-state index contributed by atoms with van der Waals surface area (Å²) in [5.41, 5.74) is 0. The number of methoxy groups -OCH3 is 1. The van der Waals surface area contributed by atoms with E-state index in [-0.39, 0.29) is 36.1 Å². The number of amides is 1. The molecule has 2 fully saturated rings. The van der Waals surface area contributed by atoms with Crippen LogP contribution in [-0.4, -0.2) is 89.3 Å². The Balaban J connectivity index is 1.81. The van der Waals surface area contributed by atoms with Crippen LogP contribution in [0.3, 0.4) is 0 Å². The van der Waals surface area contributed by atoms with Gasteiger partial charge in [-0.1, -0.05) is 0 Å². The summed E-state index contributed by atoms with van der Waals surface area (Å²) in [5.74, 6) is 1.43. The van der Waals surface area contributed by atoms with Gasteiger partial charge in [-0.3, -0.25) is 14.4 Å². The van der Waals surface area contributed by atoms with Crippen LogP contribution in [0.1, 0.15) is 11.6 Å². The van der Waals surface area contributed by atoms with Crippen LogP contribution in [0.15, 0.2) is 0 Å². The van der Waals surface area contributed by atoms with Crippen LogP contribution in [0.25, 0.3) is 0 Å². The zero-order valence-electron chi connectivity index (χ0n) is 14.2. The molecule has 0 N–H and O–H groups in total. The minimum Gasteiger partial charge on any atom is -0.375 e. The van der Waals surface area contributed by atoms with E-state index in [2.05, 4.69) is 15.0 Å². The van der Waals surface area contributed by atoms with E-state index in [1.807, 2.05) is 14.0 Å². The molecular weight excluding hydrogens is 334 g/mol. The first-order valence-corrected chi connectivity index (χ1v) is 9.72. The van der Waals surface area contributed by atoms with Crippen LogP contribution in [0, 0.1) is 6.92 Å². The molecule has 134 valence electrons. The maximum absolute atomic E-state index is 12.2. The summed E-state index contributed by atoms with van der Waals surface area (Å²) in [7, 11) is 0.136. The van der Waals surface area contributed by atoms with Crippen molar-refractivity contribution in [1.29, 1.82) is 0 Å². The molecule has 0 spiro atoms. The van der Waals surface area contributed by atoms with Crippen molar-refractivity contribution in [1.82, 2.24) is 24.6 Å². The third kappa shape index (κ3) is 3.31. The van der Waals surface area contributed by atoms with Gasteiger partial charge in [-0.25, -0.2) is 13.4 Å². The lowest BCUT2D eigenvalue weighted by molar-refractivity contribution is -0.141. The fourth-order valence-corrected chi connectivity index (χ4v) is 5.62. The molecule has 0 aromatic carbocycles. The molecule has 3 rings (SSSR count). The zero-order chi connectivity index (χ0) is 17.5. The van der Waals surface area contributed by atoms with Crippen molar-refractivity contribution >= 4 is 15.7 Å². The summed E-state index contributed by atoms with van der Waals surface area (Å²) in [4.78, 5) is 20.4. The summed E-state index contributed by atoms with van der Waals surface area (Å²) >= 11 is 0. The predicted molar refractivity (Wildman–Crippen MR) is 86.0 cm³/mol. The van der Waals surface area contributed by atoms with Gasteiger partial charge >= 0.3 is 0 Å². The normalized spacial score (nSPS) is 26.5. The number of aromatic nitrogens is 3. The van der Waals surface area contributed by atoms with Crippen molar-refractivity contribution in [2.75, 3.05) is 38.3 Å². The molecule has 2 aliphatic rings. The molecule has 1 aromatic heterocycles. The molecular formula is C14H23N5O4S. The third-order valence-electron chi connectivity index (χ3n) is 4.68. The van der Waals surface area contributed by atoms with E-state index in [1.54, 1.807) is 9.58 Å². The Hall–Kier alpha value is -1.52. The molecule has 2 unspecified atom stereocenters. The summed E-state index contributed by atoms with van der Waals surface area (Å²) in [6.45, 7) is 3.44. The van der Waals surface area contributed by atoms with Crippen LogP contribution in [0.2, 0.25) is 0 Å². The fourth-order valence-electron chi connectivity index (χ4n) is 3.61. The van der Waals surface area contributed by atoms with E-state index < -0.39 is 9.84 Å². The van der Waals surface area contributed by atoms with Gasteiger partial charge in [-0.15, -0.1) is 0 Å². The number of rotatable bonds is 4. The Kier molecular flexibility index (Phi) is 4.63. The number of nitrogens with zero attached hydrogens (tertiary/aromatic N) is 5. The van der Waals surface area contributed by atoms with Crippen molar-refractivity contribution in [2.24, 2.45) is 7.05 Å². The average molecular weight is 357 g/mol. The lowest BCUT2D eigenvalue weighted by Gasteiger charge is -2.43. The highest BCUT2D eigenvalue weighted by molar-refractivity contribution is 7.91. The Morgan fingerprint density at radius 3 is 2.62 bits per heavy atom. The first-order chi connectivity index (χ1) is 11.3. The first kappa shape index (κ1) is 17.3. The second-order valence-corrected chi connectivity index (χ2v) is 8.55. The second kappa shape index (κ2) is 6.41. The number of hydrogen-bond acceptors (Lipinski definition) is 7. The van der Waals surface area contributed by atoms with Crippen molar-refractivity contribution in [3.63, 3.8) is 0 Å². The Morgan fingerprint density at radius 1 is 1.29 bits per heavy atom. The average Bonchev–Trinajstić information content (AvgIpc) is 2.97. The number of aryl methyl sites for hydroxylation is 2. The second-order valence-electron chi connectivity index (χ2n) is 6.40. The van der Waals surface area contributed by atoms with Crippen molar-refractivity contribution < 1.29 is 17.9 Å². The highest BCUT2D eigenvalue weighted by Crippen LogP contribution is 2.28. The number of piperazine rings is 1. The van der Waals surface area contributed by atoms with Crippen LogP contribution >= 0.6 is 0 Å². The van der Waals surface area contributed by atoms with Gasteiger partial charge in [0.15, 0.2) is 9.84 Å². The van der Waals surface area contributed by atoms with Gasteiger partial charge in [0.05, 0.1) is 24.1 Å². The monoisotopic (exact) mass is 357 g/mol. The van der Waals surface area contributed by atoms with E-state index in [0.717, 1.165) is 5.82 Å². The number of carbonyl (C=O) groups is 1. The van der Waals surface area contributed by atoms with Gasteiger partial charge in [-0.05, 0) is 6.92 Å². The molecule has 9 nitrogen and oxygen atoms in total. The molecule has 2 aliphatic heterocycles. The van der Waals surface area contributed by atoms with Gasteiger partial charge in [0.25, 0.3) is 0 Å². The molecule has 3 heterocycles. The maximum Gasteiger partial charge on any atom is 0.248 e. The van der Waals surface area contributed by atoms with Crippen LogP contribution in [0.5, 0.6) is 0 Å². The molecule has 0 aliphatic carbocycles. The van der Waals surface area contributed by atoms with Crippen LogP contribution in [-0.2, 0) is 33.0 Å². The molecule has 1 amide bonds. The van der Waals surface area contributed by atoms with Crippen molar-refractivity contribution in [2.45, 2.75) is 25.6 Å². The molecule has 0 saturated carbocycles. The van der Waals surface area contributed by atoms with E-state index in [9.17, 15) is 13.2 Å². The van der Waals surface area contributed by atoms with E-state index in [4.69, 9.17) is 4.74 Å². The Labute approximate surface area is 141 Å². The predicted octanol–water partition coefficient (Wildman–Crippen LogP) is -1.42. The molecule has 0 bridgehead atoms. The Bertz CT molecular complexity index is 732. The maximum atomic E-state index is 12.2. The smallest absolute Gasteiger partial charge is 0.248 e. The zero-order valence-corrected chi connectivity index (χ0v) is 15.0. The standard InChI is InChI=1S/C14H23N5O4S/c1-10-15-13(17(2)16-10)6-18-4-5-19(14(20)7-23-3)12-9-24(21,22)8-11(12)18/h11-12H,4-9H2,1-3H3. The Morgan fingerprint density at radius 2 is 2.00 bits per heavy atom. The summed E-state index contributed by atoms with van der Waals surface area (Å²) < 4.78 is 31.0. The number of sulfone groups is 1. The van der Waals surface area contributed by atoms with E-state index in [1.165, 1.54) is 7.11 Å². The van der Waals surface area contributed by atoms with Gasteiger partial charge in [0.2, 0.25) is 5.91 Å². The van der Waals surface area contributed by atoms with Crippen LogP contribution < -0.4 is 0 Å². The SMILES string of the molecule is COCC(=O)N1CCN(Cc2nc(C)nn2C)C2CS(=O)(=O)CC21. The molecule has 2 saturated heterocycles. The van der Waals surface area contributed by atoms with E-state index in [0.29, 0.717) is 25.5 Å². The first-order valence-electron chi connectivity index (χ1n) is 7.90. The van der Waals surface area contributed by atoms with Gasteiger partial charge in [0, 0.05) is 33.3 Å². The lowest BCUT2D eigenvalue weighted by Crippen LogP contribution is -2.60. The minimum atomic E-state index is -3.16. The van der Waals surface area contributed by atoms with Crippen molar-refractivity contribution in [3.8, 4) is 0 Å². The molecule has 2 atom stereocenters. The minimum absolute atomic E-state index is 0.0153. The number of carbonyl (C=O) groups excluding carboxylic acids is 1. The van der Waals surface area contributed by atoms with Gasteiger partial charge < -0.3 is 9.64 Å². The highest BCUT2D eigenvalue weighted by Gasteiger charge is 2.48. The topological polar surface area (TPSA) is 97.6 Å². The number of fused-ring (bicyclic) bond motifs is 1. The molecule has 10 heteroatoms. The molecule has 0 radical (unpaired) electrons. The lowest BCUT2D eigenvalue weighted by atomic mass is 10.0. The summed E-state index contributed by atoms with van der Waals surface area (Å²) in [5, 5.41) is 4.24. The summed E-state index contributed by atoms with van der Waals surface area (Å²) in [6.07, 6.45) is 0. The molecule has 1 aromatic rings. The largest absolute Gasteiger partial charge is 0.375 e. The van der Waals surface area contributed by atoms with Gasteiger partial charge in [0.1, 0.15) is 18.3 Å². The highest BCUT2D eigenvalue weighted by atomic mass is 32.2. The van der Waals surface area contributed by atoms with Gasteiger partial charge in [-0.2, -0.15) is 5.10 Å². The molecule has 24 heavy (non-hydrogen) atoms. The number of ether oxygens (including phenoxy) is 1. The van der Waals surface area contributed by atoms with Crippen molar-refractivity contribution in [3.05, 3.63) is 11.6 Å². The quantitative estimate of drug-likeness (QED) is 0.652. The van der Waals surface area contributed by atoms with Crippen LogP contribution in [0.4, 0.5) is 0 Å². The number of hydrogen-bond donors (Lipinski definition) is 0. The summed E-state index contributed by atoms with van der Waals surface area (Å²) in [6, 6.07) is -0.526.